The molecule has 0 aromatic carbocycles. The van der Waals surface area contributed by atoms with E-state index >= 15 is 0 Å². The van der Waals surface area contributed by atoms with Crippen LogP contribution in [-0.4, -0.2) is 35.7 Å². The summed E-state index contributed by atoms with van der Waals surface area (Å²) in [6.07, 6.45) is 4.17. The van der Waals surface area contributed by atoms with Gasteiger partial charge in [0.1, 0.15) is 0 Å². The molecule has 0 aliphatic heterocycles. The number of hydrogen-bond acceptors (Lipinski definition) is 4. The highest BCUT2D eigenvalue weighted by Crippen LogP contribution is 2.07. The van der Waals surface area contributed by atoms with Gasteiger partial charge < -0.3 is 9.67 Å². The van der Waals surface area contributed by atoms with Gasteiger partial charge in [0.05, 0.1) is 6.33 Å². The fraction of sp³-hybridized carbons (Fsp3) is 0.700. The number of hydrogen-bond donors (Lipinski definition) is 2. The molecule has 98 valence electrons. The second-order valence-corrected chi connectivity index (χ2v) is 5.59. The fourth-order valence-corrected chi connectivity index (χ4v) is 2.66. The molecule has 1 rings (SSSR count). The topological polar surface area (TPSA) is 84.2 Å². The molecule has 0 saturated heterocycles. The Bertz CT molecular complexity index is 441. The average molecular weight is 261 g/mol. The van der Waals surface area contributed by atoms with Crippen LogP contribution in [0, 0.1) is 0 Å². The molecule has 17 heavy (non-hydrogen) atoms. The molecule has 1 aromatic rings. The second kappa shape index (κ2) is 6.13. The van der Waals surface area contributed by atoms with Crippen molar-refractivity contribution in [2.45, 2.75) is 44.3 Å². The maximum Gasteiger partial charge on any atom is 0.259 e. The largest absolute Gasteiger partial charge is 0.396 e. The molecule has 6 nitrogen and oxygen atoms in total. The van der Waals surface area contributed by atoms with E-state index in [0.717, 1.165) is 0 Å². The van der Waals surface area contributed by atoms with Gasteiger partial charge in [0.15, 0.2) is 5.03 Å². The van der Waals surface area contributed by atoms with Gasteiger partial charge in [0.2, 0.25) is 0 Å². The average Bonchev–Trinajstić information content (AvgIpc) is 2.75. The first kappa shape index (κ1) is 14.1. The van der Waals surface area contributed by atoms with Crippen molar-refractivity contribution in [1.29, 1.82) is 0 Å². The number of sulfonamides is 1. The third-order valence-corrected chi connectivity index (χ3v) is 3.88. The highest BCUT2D eigenvalue weighted by molar-refractivity contribution is 7.89. The van der Waals surface area contributed by atoms with Gasteiger partial charge in [-0.15, -0.1) is 0 Å². The highest BCUT2D eigenvalue weighted by Gasteiger charge is 2.19. The number of imidazole rings is 1. The molecule has 0 saturated carbocycles. The molecular formula is C10H19N3O3S. The zero-order chi connectivity index (χ0) is 12.9. The Kier molecular flexibility index (Phi) is 5.10. The van der Waals surface area contributed by atoms with Crippen molar-refractivity contribution in [2.24, 2.45) is 0 Å². The van der Waals surface area contributed by atoms with E-state index in [-0.39, 0.29) is 17.7 Å². The minimum absolute atomic E-state index is 0.0372. The van der Waals surface area contributed by atoms with E-state index in [1.165, 1.54) is 12.5 Å². The lowest BCUT2D eigenvalue weighted by Gasteiger charge is -2.11. The third-order valence-electron chi connectivity index (χ3n) is 2.40. The van der Waals surface area contributed by atoms with Crippen LogP contribution in [0.25, 0.3) is 0 Å². The molecule has 0 aliphatic carbocycles. The van der Waals surface area contributed by atoms with Gasteiger partial charge in [-0.05, 0) is 26.7 Å². The summed E-state index contributed by atoms with van der Waals surface area (Å²) in [5.41, 5.74) is 0. The van der Waals surface area contributed by atoms with Gasteiger partial charge in [-0.2, -0.15) is 0 Å². The first-order chi connectivity index (χ1) is 7.99. The molecule has 7 heteroatoms. The van der Waals surface area contributed by atoms with E-state index < -0.39 is 10.0 Å². The number of nitrogens with one attached hydrogen (secondary N) is 1. The molecule has 1 aromatic heterocycles. The van der Waals surface area contributed by atoms with Crippen molar-refractivity contribution in [3.63, 3.8) is 0 Å². The minimum Gasteiger partial charge on any atom is -0.396 e. The normalized spacial score (nSPS) is 13.8. The first-order valence-electron chi connectivity index (χ1n) is 5.64. The SMILES string of the molecule is CCn1cnc(S(=O)(=O)NC(C)CCCO)c1. The summed E-state index contributed by atoms with van der Waals surface area (Å²) in [7, 11) is -3.54. The molecule has 1 unspecified atom stereocenters. The van der Waals surface area contributed by atoms with Crippen LogP contribution in [0.2, 0.25) is 0 Å². The number of aliphatic hydroxyl groups is 1. The Morgan fingerprint density at radius 2 is 2.29 bits per heavy atom. The predicted molar refractivity (Wildman–Crippen MR) is 64.0 cm³/mol. The molecule has 0 amide bonds. The smallest absolute Gasteiger partial charge is 0.259 e. The number of nitrogens with zero attached hydrogens (tertiary/aromatic N) is 2. The van der Waals surface area contributed by atoms with Crippen molar-refractivity contribution < 1.29 is 13.5 Å². The van der Waals surface area contributed by atoms with Crippen LogP contribution < -0.4 is 4.72 Å². The lowest BCUT2D eigenvalue weighted by molar-refractivity contribution is 0.279. The number of aromatic nitrogens is 2. The monoisotopic (exact) mass is 261 g/mol. The molecule has 1 heterocycles. The second-order valence-electron chi connectivity index (χ2n) is 3.93. The maximum absolute atomic E-state index is 11.9. The van der Waals surface area contributed by atoms with Crippen LogP contribution in [0.5, 0.6) is 0 Å². The maximum atomic E-state index is 11.9. The predicted octanol–water partition coefficient (Wildman–Crippen LogP) is 0.342. The van der Waals surface area contributed by atoms with Crippen LogP contribution >= 0.6 is 0 Å². The van der Waals surface area contributed by atoms with Crippen molar-refractivity contribution in [3.05, 3.63) is 12.5 Å². The number of aliphatic hydroxyl groups excluding tert-OH is 1. The lowest BCUT2D eigenvalue weighted by atomic mass is 10.2. The van der Waals surface area contributed by atoms with E-state index in [9.17, 15) is 8.42 Å². The van der Waals surface area contributed by atoms with Gasteiger partial charge in [-0.1, -0.05) is 0 Å². The Hall–Kier alpha value is -0.920. The summed E-state index contributed by atoms with van der Waals surface area (Å²) in [5, 5.41) is 8.71. The molecule has 0 radical (unpaired) electrons. The summed E-state index contributed by atoms with van der Waals surface area (Å²) >= 11 is 0. The molecule has 2 N–H and O–H groups in total. The van der Waals surface area contributed by atoms with Crippen molar-refractivity contribution in [1.82, 2.24) is 14.3 Å². The van der Waals surface area contributed by atoms with Gasteiger partial charge in [0.25, 0.3) is 10.0 Å². The van der Waals surface area contributed by atoms with Crippen molar-refractivity contribution >= 4 is 10.0 Å². The third kappa shape index (κ3) is 4.10. The Labute approximate surface area is 102 Å². The molecule has 1 atom stereocenters. The van der Waals surface area contributed by atoms with Crippen molar-refractivity contribution in [2.75, 3.05) is 6.61 Å². The molecule has 0 bridgehead atoms. The molecule has 0 aliphatic rings. The van der Waals surface area contributed by atoms with Crippen molar-refractivity contribution in [3.8, 4) is 0 Å². The molecule has 0 fully saturated rings. The summed E-state index contributed by atoms with van der Waals surface area (Å²) < 4.78 is 28.0. The summed E-state index contributed by atoms with van der Waals surface area (Å²) in [6, 6.07) is -0.209. The summed E-state index contributed by atoms with van der Waals surface area (Å²) in [5.74, 6) is 0. The van der Waals surface area contributed by atoms with E-state index in [1.807, 2.05) is 6.92 Å². The van der Waals surface area contributed by atoms with E-state index in [0.29, 0.717) is 19.4 Å². The highest BCUT2D eigenvalue weighted by atomic mass is 32.2. The Balaban J connectivity index is 2.68. The molecular weight excluding hydrogens is 242 g/mol. The van der Waals surface area contributed by atoms with Crippen LogP contribution in [-0.2, 0) is 16.6 Å². The van der Waals surface area contributed by atoms with E-state index in [4.69, 9.17) is 5.11 Å². The van der Waals surface area contributed by atoms with Gasteiger partial charge in [-0.3, -0.25) is 0 Å². The van der Waals surface area contributed by atoms with Gasteiger partial charge in [0, 0.05) is 25.4 Å². The quantitative estimate of drug-likeness (QED) is 0.741. The van der Waals surface area contributed by atoms with Crippen LogP contribution in [0.4, 0.5) is 0 Å². The standard InChI is InChI=1S/C10H19N3O3S/c1-3-13-7-10(11-8-13)17(15,16)12-9(2)5-4-6-14/h7-9,12,14H,3-6H2,1-2H3. The fourth-order valence-electron chi connectivity index (χ4n) is 1.43. The van der Waals surface area contributed by atoms with E-state index in [1.54, 1.807) is 11.5 Å². The molecule has 0 spiro atoms. The van der Waals surface area contributed by atoms with Gasteiger partial charge in [-0.25, -0.2) is 18.1 Å². The first-order valence-corrected chi connectivity index (χ1v) is 7.13. The minimum atomic E-state index is -3.54. The Morgan fingerprint density at radius 1 is 1.59 bits per heavy atom. The van der Waals surface area contributed by atoms with E-state index in [2.05, 4.69) is 9.71 Å². The Morgan fingerprint density at radius 3 is 2.82 bits per heavy atom. The zero-order valence-electron chi connectivity index (χ0n) is 10.1. The lowest BCUT2D eigenvalue weighted by Crippen LogP contribution is -2.32. The van der Waals surface area contributed by atoms with Crippen LogP contribution in [0.15, 0.2) is 17.6 Å². The summed E-state index contributed by atoms with van der Waals surface area (Å²) in [6.45, 7) is 4.43. The van der Waals surface area contributed by atoms with Crippen LogP contribution in [0.3, 0.4) is 0 Å². The van der Waals surface area contributed by atoms with Crippen LogP contribution in [0.1, 0.15) is 26.7 Å². The zero-order valence-corrected chi connectivity index (χ0v) is 10.9. The number of rotatable bonds is 7. The number of aryl methyl sites for hydroxylation is 1. The van der Waals surface area contributed by atoms with Gasteiger partial charge >= 0.3 is 0 Å². The summed E-state index contributed by atoms with van der Waals surface area (Å²) in [4.78, 5) is 3.86.